The maximum atomic E-state index is 5.83. The van der Waals surface area contributed by atoms with Gasteiger partial charge in [-0.1, -0.05) is 20.8 Å². The highest BCUT2D eigenvalue weighted by Crippen LogP contribution is 2.27. The fourth-order valence-electron chi connectivity index (χ4n) is 1.13. The van der Waals surface area contributed by atoms with Crippen LogP contribution in [0.15, 0.2) is 0 Å². The summed E-state index contributed by atoms with van der Waals surface area (Å²) >= 11 is 1.63. The summed E-state index contributed by atoms with van der Waals surface area (Å²) in [5.74, 6) is 0.451. The van der Waals surface area contributed by atoms with Crippen molar-refractivity contribution in [2.75, 3.05) is 5.73 Å². The first-order valence-corrected chi connectivity index (χ1v) is 5.21. The zero-order valence-electron chi connectivity index (χ0n) is 7.92. The summed E-state index contributed by atoms with van der Waals surface area (Å²) in [6, 6.07) is 0. The van der Waals surface area contributed by atoms with Gasteiger partial charge >= 0.3 is 0 Å². The van der Waals surface area contributed by atoms with E-state index in [4.69, 9.17) is 5.73 Å². The van der Waals surface area contributed by atoms with Gasteiger partial charge in [-0.05, 0) is 18.8 Å². The van der Waals surface area contributed by atoms with E-state index in [0.717, 1.165) is 23.5 Å². The molecule has 68 valence electrons. The smallest absolute Gasteiger partial charge is 0.110 e. The Labute approximate surface area is 77.8 Å². The first-order chi connectivity index (χ1) is 5.65. The molecule has 0 spiro atoms. The van der Waals surface area contributed by atoms with E-state index in [2.05, 4.69) is 25.8 Å². The number of hydrogen-bond donors (Lipinski definition) is 1. The molecule has 3 heteroatoms. The van der Waals surface area contributed by atoms with Gasteiger partial charge < -0.3 is 5.73 Å². The van der Waals surface area contributed by atoms with Crippen molar-refractivity contribution in [2.45, 2.75) is 39.5 Å². The third-order valence-corrected chi connectivity index (χ3v) is 2.70. The maximum Gasteiger partial charge on any atom is 0.110 e. The topological polar surface area (TPSA) is 38.9 Å². The van der Waals surface area contributed by atoms with Crippen molar-refractivity contribution in [1.82, 2.24) is 4.98 Å². The molecule has 0 saturated carbocycles. The summed E-state index contributed by atoms with van der Waals surface area (Å²) in [5, 5.41) is 2.08. The zero-order chi connectivity index (χ0) is 9.14. The SMILES string of the molecule is CCCc1nc(C(C)C)c(N)s1. The number of thiazole rings is 1. The summed E-state index contributed by atoms with van der Waals surface area (Å²) in [5.41, 5.74) is 6.90. The van der Waals surface area contributed by atoms with Crippen molar-refractivity contribution >= 4 is 16.3 Å². The van der Waals surface area contributed by atoms with Crippen LogP contribution in [0.25, 0.3) is 0 Å². The summed E-state index contributed by atoms with van der Waals surface area (Å²) in [6.45, 7) is 6.41. The second-order valence-electron chi connectivity index (χ2n) is 3.26. The van der Waals surface area contributed by atoms with Gasteiger partial charge in [0.2, 0.25) is 0 Å². The molecule has 0 aliphatic carbocycles. The van der Waals surface area contributed by atoms with Crippen LogP contribution in [-0.4, -0.2) is 4.98 Å². The van der Waals surface area contributed by atoms with E-state index in [-0.39, 0.29) is 0 Å². The van der Waals surface area contributed by atoms with Crippen LogP contribution in [0, 0.1) is 0 Å². The Hall–Kier alpha value is -0.570. The molecule has 1 aromatic rings. The lowest BCUT2D eigenvalue weighted by Gasteiger charge is -1.99. The van der Waals surface area contributed by atoms with E-state index in [9.17, 15) is 0 Å². The number of aromatic nitrogens is 1. The number of nitrogens with two attached hydrogens (primary N) is 1. The number of rotatable bonds is 3. The van der Waals surface area contributed by atoms with Crippen molar-refractivity contribution in [3.05, 3.63) is 10.7 Å². The summed E-state index contributed by atoms with van der Waals surface area (Å²) < 4.78 is 0. The molecule has 2 nitrogen and oxygen atoms in total. The lowest BCUT2D eigenvalue weighted by atomic mass is 10.1. The van der Waals surface area contributed by atoms with Gasteiger partial charge in [0, 0.05) is 0 Å². The Kier molecular flexibility index (Phi) is 3.09. The minimum Gasteiger partial charge on any atom is -0.389 e. The minimum atomic E-state index is 0.451. The van der Waals surface area contributed by atoms with Crippen LogP contribution in [0.1, 0.15) is 43.8 Å². The van der Waals surface area contributed by atoms with Gasteiger partial charge in [-0.3, -0.25) is 0 Å². The number of nitrogens with zero attached hydrogens (tertiary/aromatic N) is 1. The predicted octanol–water partition coefficient (Wildman–Crippen LogP) is 2.80. The normalized spacial score (nSPS) is 11.0. The Bertz CT molecular complexity index is 253. The molecule has 12 heavy (non-hydrogen) atoms. The Morgan fingerprint density at radius 2 is 2.17 bits per heavy atom. The van der Waals surface area contributed by atoms with Crippen LogP contribution in [0.2, 0.25) is 0 Å². The second-order valence-corrected chi connectivity index (χ2v) is 4.38. The molecule has 0 saturated heterocycles. The Balaban J connectivity index is 2.85. The van der Waals surface area contributed by atoms with Crippen LogP contribution in [0.5, 0.6) is 0 Å². The largest absolute Gasteiger partial charge is 0.389 e. The van der Waals surface area contributed by atoms with Crippen LogP contribution < -0.4 is 5.73 Å². The average molecular weight is 184 g/mol. The summed E-state index contributed by atoms with van der Waals surface area (Å²) in [6.07, 6.45) is 2.20. The number of anilines is 1. The second kappa shape index (κ2) is 3.90. The third kappa shape index (κ3) is 1.97. The van der Waals surface area contributed by atoms with Gasteiger partial charge in [0.1, 0.15) is 5.00 Å². The minimum absolute atomic E-state index is 0.451. The number of aryl methyl sites for hydroxylation is 1. The van der Waals surface area contributed by atoms with Crippen LogP contribution in [0.3, 0.4) is 0 Å². The molecule has 0 bridgehead atoms. The van der Waals surface area contributed by atoms with Crippen LogP contribution >= 0.6 is 11.3 Å². The fourth-order valence-corrected chi connectivity index (χ4v) is 2.22. The quantitative estimate of drug-likeness (QED) is 0.784. The molecule has 0 aliphatic heterocycles. The molecule has 0 atom stereocenters. The Morgan fingerprint density at radius 3 is 2.58 bits per heavy atom. The van der Waals surface area contributed by atoms with Gasteiger partial charge in [0.25, 0.3) is 0 Å². The fraction of sp³-hybridized carbons (Fsp3) is 0.667. The van der Waals surface area contributed by atoms with Gasteiger partial charge in [-0.15, -0.1) is 11.3 Å². The molecule has 1 heterocycles. The highest BCUT2D eigenvalue weighted by Gasteiger charge is 2.10. The van der Waals surface area contributed by atoms with Gasteiger partial charge in [-0.2, -0.15) is 0 Å². The van der Waals surface area contributed by atoms with Crippen molar-refractivity contribution in [2.24, 2.45) is 0 Å². The zero-order valence-corrected chi connectivity index (χ0v) is 8.74. The molecule has 0 amide bonds. The van der Waals surface area contributed by atoms with Crippen molar-refractivity contribution in [1.29, 1.82) is 0 Å². The molecule has 1 aromatic heterocycles. The van der Waals surface area contributed by atoms with E-state index in [1.807, 2.05) is 0 Å². The Morgan fingerprint density at radius 1 is 1.50 bits per heavy atom. The van der Waals surface area contributed by atoms with Crippen molar-refractivity contribution in [3.8, 4) is 0 Å². The van der Waals surface area contributed by atoms with E-state index >= 15 is 0 Å². The lowest BCUT2D eigenvalue weighted by molar-refractivity contribution is 0.815. The van der Waals surface area contributed by atoms with Gasteiger partial charge in [-0.25, -0.2) is 4.98 Å². The molecule has 0 aromatic carbocycles. The molecular formula is C9H16N2S. The van der Waals surface area contributed by atoms with E-state index in [1.165, 1.54) is 5.01 Å². The molecule has 2 N–H and O–H groups in total. The molecule has 1 rings (SSSR count). The highest BCUT2D eigenvalue weighted by molar-refractivity contribution is 7.15. The van der Waals surface area contributed by atoms with Gasteiger partial charge in [0.05, 0.1) is 10.7 Å². The maximum absolute atomic E-state index is 5.83. The average Bonchev–Trinajstić information content (AvgIpc) is 2.32. The number of nitrogen functional groups attached to an aromatic ring is 1. The van der Waals surface area contributed by atoms with E-state index in [0.29, 0.717) is 5.92 Å². The van der Waals surface area contributed by atoms with E-state index in [1.54, 1.807) is 11.3 Å². The number of hydrogen-bond acceptors (Lipinski definition) is 3. The molecule has 0 unspecified atom stereocenters. The standard InChI is InChI=1S/C9H16N2S/c1-4-5-7-11-8(6(2)3)9(10)12-7/h6H,4-5,10H2,1-3H3. The molecular weight excluding hydrogens is 168 g/mol. The van der Waals surface area contributed by atoms with Crippen LogP contribution in [-0.2, 0) is 6.42 Å². The lowest BCUT2D eigenvalue weighted by Crippen LogP contribution is -1.93. The molecule has 0 aliphatic rings. The van der Waals surface area contributed by atoms with Crippen LogP contribution in [0.4, 0.5) is 5.00 Å². The van der Waals surface area contributed by atoms with E-state index < -0.39 is 0 Å². The van der Waals surface area contributed by atoms with Crippen molar-refractivity contribution < 1.29 is 0 Å². The van der Waals surface area contributed by atoms with Gasteiger partial charge in [0.15, 0.2) is 0 Å². The third-order valence-electron chi connectivity index (χ3n) is 1.74. The summed E-state index contributed by atoms with van der Waals surface area (Å²) in [7, 11) is 0. The first kappa shape index (κ1) is 9.52. The first-order valence-electron chi connectivity index (χ1n) is 4.40. The predicted molar refractivity (Wildman–Crippen MR) is 54.6 cm³/mol. The monoisotopic (exact) mass is 184 g/mol. The summed E-state index contributed by atoms with van der Waals surface area (Å²) in [4.78, 5) is 4.49. The molecule has 0 fully saturated rings. The van der Waals surface area contributed by atoms with Crippen molar-refractivity contribution in [3.63, 3.8) is 0 Å². The molecule has 0 radical (unpaired) electrons. The highest BCUT2D eigenvalue weighted by atomic mass is 32.1.